The molecule has 0 spiro atoms. The molecule has 8 heteroatoms. The average molecular weight is 402 g/mol. The highest BCUT2D eigenvalue weighted by molar-refractivity contribution is 8.01. The number of thioether (sulfide) groups is 1. The zero-order valence-corrected chi connectivity index (χ0v) is 15.9. The van der Waals surface area contributed by atoms with E-state index in [1.165, 1.54) is 30.8 Å². The second-order valence-electron chi connectivity index (χ2n) is 6.27. The van der Waals surface area contributed by atoms with Crippen LogP contribution in [0.15, 0.2) is 53.4 Å². The van der Waals surface area contributed by atoms with Crippen LogP contribution in [-0.4, -0.2) is 29.1 Å². The fraction of sp³-hybridized carbons (Fsp3) is 0.250. The van der Waals surface area contributed by atoms with Crippen molar-refractivity contribution in [2.24, 2.45) is 0 Å². The van der Waals surface area contributed by atoms with Gasteiger partial charge in [-0.05, 0) is 36.8 Å². The van der Waals surface area contributed by atoms with E-state index in [9.17, 15) is 18.8 Å². The van der Waals surface area contributed by atoms with Crippen molar-refractivity contribution in [1.82, 2.24) is 5.32 Å². The predicted molar refractivity (Wildman–Crippen MR) is 103 cm³/mol. The number of hydrogen-bond acceptors (Lipinski definition) is 5. The van der Waals surface area contributed by atoms with Crippen molar-refractivity contribution in [3.63, 3.8) is 0 Å². The van der Waals surface area contributed by atoms with E-state index in [0.717, 1.165) is 16.1 Å². The number of anilines is 1. The maximum Gasteiger partial charge on any atom is 0.308 e. The van der Waals surface area contributed by atoms with Gasteiger partial charge in [0.2, 0.25) is 5.91 Å². The summed E-state index contributed by atoms with van der Waals surface area (Å²) >= 11 is 1.29. The first kappa shape index (κ1) is 19.9. The highest BCUT2D eigenvalue weighted by Gasteiger charge is 2.30. The Morgan fingerprint density at radius 2 is 1.93 bits per heavy atom. The van der Waals surface area contributed by atoms with Crippen LogP contribution < -0.4 is 10.6 Å². The van der Waals surface area contributed by atoms with Gasteiger partial charge in [-0.1, -0.05) is 24.3 Å². The smallest absolute Gasteiger partial charge is 0.308 e. The number of carbonyl (C=O) groups is 3. The second-order valence-corrected chi connectivity index (χ2v) is 7.52. The van der Waals surface area contributed by atoms with Crippen LogP contribution in [0.1, 0.15) is 18.9 Å². The van der Waals surface area contributed by atoms with Crippen LogP contribution in [-0.2, 0) is 25.7 Å². The van der Waals surface area contributed by atoms with Crippen LogP contribution in [0.5, 0.6) is 0 Å². The second kappa shape index (κ2) is 8.88. The van der Waals surface area contributed by atoms with E-state index in [0.29, 0.717) is 0 Å². The SMILES string of the molecule is C[C@@H](OC(=O)C[C@H]1Sc2ccccc2NC1=O)C(=O)NCc1ccc(F)cc1. The first-order valence-electron chi connectivity index (χ1n) is 8.70. The number of esters is 1. The van der Waals surface area contributed by atoms with Crippen LogP contribution in [0.2, 0.25) is 0 Å². The van der Waals surface area contributed by atoms with E-state index >= 15 is 0 Å². The number of hydrogen-bond donors (Lipinski definition) is 2. The predicted octanol–water partition coefficient (Wildman–Crippen LogP) is 2.88. The van der Waals surface area contributed by atoms with Crippen LogP contribution in [0.25, 0.3) is 0 Å². The molecule has 0 radical (unpaired) electrons. The zero-order valence-electron chi connectivity index (χ0n) is 15.1. The lowest BCUT2D eigenvalue weighted by molar-refractivity contribution is -0.155. The molecule has 2 N–H and O–H groups in total. The lowest BCUT2D eigenvalue weighted by Crippen LogP contribution is -2.37. The van der Waals surface area contributed by atoms with E-state index < -0.39 is 23.2 Å². The summed E-state index contributed by atoms with van der Waals surface area (Å²) in [6.45, 7) is 1.65. The highest BCUT2D eigenvalue weighted by Crippen LogP contribution is 2.36. The van der Waals surface area contributed by atoms with Crippen molar-refractivity contribution >= 4 is 35.2 Å². The maximum absolute atomic E-state index is 12.9. The molecule has 0 saturated heterocycles. The number of rotatable bonds is 6. The van der Waals surface area contributed by atoms with Crippen molar-refractivity contribution in [2.75, 3.05) is 5.32 Å². The fourth-order valence-electron chi connectivity index (χ4n) is 2.61. The van der Waals surface area contributed by atoms with Crippen molar-refractivity contribution in [3.8, 4) is 0 Å². The lowest BCUT2D eigenvalue weighted by Gasteiger charge is -2.23. The molecule has 146 valence electrons. The quantitative estimate of drug-likeness (QED) is 0.726. The Balaban J connectivity index is 1.48. The van der Waals surface area contributed by atoms with Crippen LogP contribution in [0, 0.1) is 5.82 Å². The molecule has 2 amide bonds. The van der Waals surface area contributed by atoms with Gasteiger partial charge in [-0.25, -0.2) is 4.39 Å². The number of nitrogens with one attached hydrogen (secondary N) is 2. The molecule has 0 aliphatic carbocycles. The molecule has 1 aliphatic heterocycles. The van der Waals surface area contributed by atoms with E-state index in [-0.39, 0.29) is 24.7 Å². The molecule has 1 aliphatic rings. The van der Waals surface area contributed by atoms with E-state index in [1.807, 2.05) is 18.2 Å². The zero-order chi connectivity index (χ0) is 20.1. The van der Waals surface area contributed by atoms with Gasteiger partial charge in [-0.15, -0.1) is 11.8 Å². The summed E-state index contributed by atoms with van der Waals surface area (Å²) in [7, 11) is 0. The highest BCUT2D eigenvalue weighted by atomic mass is 32.2. The third-order valence-corrected chi connectivity index (χ3v) is 5.39. The first-order valence-corrected chi connectivity index (χ1v) is 9.58. The van der Waals surface area contributed by atoms with Crippen molar-refractivity contribution in [1.29, 1.82) is 0 Å². The molecule has 2 atom stereocenters. The molecular weight excluding hydrogens is 383 g/mol. The minimum Gasteiger partial charge on any atom is -0.453 e. The molecule has 0 saturated carbocycles. The summed E-state index contributed by atoms with van der Waals surface area (Å²) in [5.41, 5.74) is 1.44. The average Bonchev–Trinajstić information content (AvgIpc) is 2.67. The Morgan fingerprint density at radius 1 is 1.21 bits per heavy atom. The number of para-hydroxylation sites is 1. The van der Waals surface area contributed by atoms with Gasteiger partial charge in [0.25, 0.3) is 5.91 Å². The third-order valence-electron chi connectivity index (χ3n) is 4.12. The Bertz CT molecular complexity index is 888. The van der Waals surface area contributed by atoms with E-state index in [1.54, 1.807) is 18.2 Å². The molecular formula is C20H19FN2O4S. The maximum atomic E-state index is 12.9. The number of ether oxygens (including phenoxy) is 1. The van der Waals surface area contributed by atoms with Crippen LogP contribution >= 0.6 is 11.8 Å². The van der Waals surface area contributed by atoms with Gasteiger partial charge < -0.3 is 15.4 Å². The molecule has 0 fully saturated rings. The van der Waals surface area contributed by atoms with Crippen LogP contribution in [0.4, 0.5) is 10.1 Å². The van der Waals surface area contributed by atoms with Gasteiger partial charge in [0.15, 0.2) is 6.10 Å². The Hall–Kier alpha value is -2.87. The standard InChI is InChI=1S/C20H19FN2O4S/c1-12(19(25)22-11-13-6-8-14(21)9-7-13)27-18(24)10-17-20(26)23-15-4-2-3-5-16(15)28-17/h2-9,12,17H,10-11H2,1H3,(H,22,25)(H,23,26)/t12-,17-/m1/s1. The summed E-state index contributed by atoms with van der Waals surface area (Å²) in [5.74, 6) is -1.72. The fourth-order valence-corrected chi connectivity index (χ4v) is 3.71. The minimum absolute atomic E-state index is 0.138. The molecule has 3 rings (SSSR count). The van der Waals surface area contributed by atoms with Gasteiger partial charge >= 0.3 is 5.97 Å². The number of benzene rings is 2. The first-order chi connectivity index (χ1) is 13.4. The van der Waals surface area contributed by atoms with Gasteiger partial charge in [-0.2, -0.15) is 0 Å². The topological polar surface area (TPSA) is 84.5 Å². The van der Waals surface area contributed by atoms with Gasteiger partial charge in [-0.3, -0.25) is 14.4 Å². The molecule has 2 aromatic carbocycles. The van der Waals surface area contributed by atoms with Gasteiger partial charge in [0.05, 0.1) is 17.4 Å². The lowest BCUT2D eigenvalue weighted by atomic mass is 10.2. The largest absolute Gasteiger partial charge is 0.453 e. The normalized spacial score (nSPS) is 16.5. The summed E-state index contributed by atoms with van der Waals surface area (Å²) in [6.07, 6.45) is -1.14. The van der Waals surface area contributed by atoms with Crippen molar-refractivity contribution in [2.45, 2.75) is 36.1 Å². The molecule has 6 nitrogen and oxygen atoms in total. The molecule has 1 heterocycles. The molecule has 0 unspecified atom stereocenters. The van der Waals surface area contributed by atoms with Gasteiger partial charge in [0, 0.05) is 11.4 Å². The number of amides is 2. The summed E-state index contributed by atoms with van der Waals surface area (Å²) < 4.78 is 18.0. The molecule has 2 aromatic rings. The van der Waals surface area contributed by atoms with E-state index in [4.69, 9.17) is 4.74 Å². The summed E-state index contributed by atoms with van der Waals surface area (Å²) in [4.78, 5) is 37.3. The molecule has 28 heavy (non-hydrogen) atoms. The summed E-state index contributed by atoms with van der Waals surface area (Å²) in [6, 6.07) is 13.1. The number of halogens is 1. The minimum atomic E-state index is -1.00. The number of carbonyl (C=O) groups excluding carboxylic acids is 3. The van der Waals surface area contributed by atoms with E-state index in [2.05, 4.69) is 10.6 Å². The van der Waals surface area contributed by atoms with Gasteiger partial charge in [0.1, 0.15) is 5.82 Å². The van der Waals surface area contributed by atoms with Crippen molar-refractivity contribution < 1.29 is 23.5 Å². The Labute approximate surface area is 165 Å². The Morgan fingerprint density at radius 3 is 2.68 bits per heavy atom. The summed E-state index contributed by atoms with van der Waals surface area (Å²) in [5, 5.41) is 4.77. The molecule has 0 bridgehead atoms. The van der Waals surface area contributed by atoms with Crippen LogP contribution in [0.3, 0.4) is 0 Å². The van der Waals surface area contributed by atoms with Crippen molar-refractivity contribution in [3.05, 3.63) is 59.9 Å². The monoisotopic (exact) mass is 402 g/mol. The Kier molecular flexibility index (Phi) is 6.30. The third kappa shape index (κ3) is 5.10. The molecule has 0 aromatic heterocycles. The number of fused-ring (bicyclic) bond motifs is 1.